The van der Waals surface area contributed by atoms with Crippen molar-refractivity contribution in [2.75, 3.05) is 26.3 Å². The standard InChI is InChI=1S/C11H15ClN2O3S2/c12-10-13-7-9(18-10)19(15,16)14-4-1-11(8-14)2-5-17-6-3-11/h7H,1-6,8H2. The van der Waals surface area contributed by atoms with E-state index in [1.54, 1.807) is 4.31 Å². The van der Waals surface area contributed by atoms with E-state index in [2.05, 4.69) is 4.98 Å². The molecule has 5 nitrogen and oxygen atoms in total. The third kappa shape index (κ3) is 2.54. The third-order valence-electron chi connectivity index (χ3n) is 4.01. The van der Waals surface area contributed by atoms with E-state index in [-0.39, 0.29) is 14.1 Å². The molecule has 0 atom stereocenters. The molecular formula is C11H15ClN2O3S2. The van der Waals surface area contributed by atoms with E-state index in [0.717, 1.165) is 43.8 Å². The normalized spacial score (nSPS) is 24.1. The highest BCUT2D eigenvalue weighted by Crippen LogP contribution is 2.42. The number of hydrogen-bond acceptors (Lipinski definition) is 5. The summed E-state index contributed by atoms with van der Waals surface area (Å²) in [5.74, 6) is 0. The molecule has 19 heavy (non-hydrogen) atoms. The minimum absolute atomic E-state index is 0.111. The molecule has 1 spiro atoms. The summed E-state index contributed by atoms with van der Waals surface area (Å²) in [7, 11) is -3.43. The lowest BCUT2D eigenvalue weighted by Gasteiger charge is -2.32. The summed E-state index contributed by atoms with van der Waals surface area (Å²) in [4.78, 5) is 3.82. The molecule has 0 saturated carbocycles. The zero-order chi connectivity index (χ0) is 13.5. The van der Waals surface area contributed by atoms with E-state index in [4.69, 9.17) is 16.3 Å². The van der Waals surface area contributed by atoms with Gasteiger partial charge in [-0.15, -0.1) is 0 Å². The molecule has 0 unspecified atom stereocenters. The Morgan fingerprint density at radius 1 is 1.37 bits per heavy atom. The van der Waals surface area contributed by atoms with Gasteiger partial charge in [0, 0.05) is 26.3 Å². The molecule has 0 radical (unpaired) electrons. The highest BCUT2D eigenvalue weighted by atomic mass is 35.5. The largest absolute Gasteiger partial charge is 0.381 e. The van der Waals surface area contributed by atoms with Gasteiger partial charge in [0.2, 0.25) is 0 Å². The van der Waals surface area contributed by atoms with E-state index in [1.165, 1.54) is 6.20 Å². The van der Waals surface area contributed by atoms with Crippen LogP contribution in [0.2, 0.25) is 4.47 Å². The second kappa shape index (κ2) is 4.96. The number of sulfonamides is 1. The Bertz CT molecular complexity index is 566. The van der Waals surface area contributed by atoms with E-state index >= 15 is 0 Å². The second-order valence-electron chi connectivity index (χ2n) is 5.13. The van der Waals surface area contributed by atoms with E-state index in [9.17, 15) is 8.42 Å². The SMILES string of the molecule is O=S(=O)(c1cnc(Cl)s1)N1CCC2(CCOCC2)C1. The van der Waals surface area contributed by atoms with Crippen LogP contribution in [-0.4, -0.2) is 44.0 Å². The first kappa shape index (κ1) is 13.8. The van der Waals surface area contributed by atoms with E-state index in [1.807, 2.05) is 0 Å². The topological polar surface area (TPSA) is 59.5 Å². The zero-order valence-electron chi connectivity index (χ0n) is 10.3. The predicted molar refractivity (Wildman–Crippen MR) is 73.0 cm³/mol. The molecule has 0 aliphatic carbocycles. The molecule has 2 aliphatic rings. The number of thiazole rings is 1. The lowest BCUT2D eigenvalue weighted by atomic mass is 9.80. The molecule has 2 fully saturated rings. The third-order valence-corrected chi connectivity index (χ3v) is 7.40. The minimum Gasteiger partial charge on any atom is -0.381 e. The van der Waals surface area contributed by atoms with Crippen LogP contribution >= 0.6 is 22.9 Å². The molecule has 0 amide bonds. The average molecular weight is 323 g/mol. The summed E-state index contributed by atoms with van der Waals surface area (Å²) in [6.45, 7) is 2.65. The molecule has 0 aromatic carbocycles. The van der Waals surface area contributed by atoms with Crippen molar-refractivity contribution in [3.8, 4) is 0 Å². The van der Waals surface area contributed by atoms with Crippen molar-refractivity contribution in [1.29, 1.82) is 0 Å². The monoisotopic (exact) mass is 322 g/mol. The minimum atomic E-state index is -3.43. The molecule has 3 heterocycles. The van der Waals surface area contributed by atoms with Crippen LogP contribution in [0.15, 0.2) is 10.4 Å². The van der Waals surface area contributed by atoms with Crippen molar-refractivity contribution in [3.05, 3.63) is 10.7 Å². The van der Waals surface area contributed by atoms with Gasteiger partial charge in [-0.25, -0.2) is 13.4 Å². The summed E-state index contributed by atoms with van der Waals surface area (Å²) in [5, 5.41) is 0. The number of ether oxygens (including phenoxy) is 1. The Balaban J connectivity index is 1.80. The van der Waals surface area contributed by atoms with Gasteiger partial charge in [0.05, 0.1) is 6.20 Å². The van der Waals surface area contributed by atoms with Crippen LogP contribution < -0.4 is 0 Å². The summed E-state index contributed by atoms with van der Waals surface area (Å²) >= 11 is 6.74. The van der Waals surface area contributed by atoms with Gasteiger partial charge in [0.1, 0.15) is 0 Å². The van der Waals surface area contributed by atoms with Crippen LogP contribution in [0.5, 0.6) is 0 Å². The zero-order valence-corrected chi connectivity index (χ0v) is 12.7. The van der Waals surface area contributed by atoms with Gasteiger partial charge in [0.15, 0.2) is 8.68 Å². The fourth-order valence-corrected chi connectivity index (χ4v) is 5.80. The fourth-order valence-electron chi connectivity index (χ4n) is 2.80. The van der Waals surface area contributed by atoms with Crippen LogP contribution in [0, 0.1) is 5.41 Å². The Hall–Kier alpha value is -0.210. The van der Waals surface area contributed by atoms with Gasteiger partial charge in [0.25, 0.3) is 10.0 Å². The number of rotatable bonds is 2. The van der Waals surface area contributed by atoms with Gasteiger partial charge >= 0.3 is 0 Å². The first-order valence-corrected chi connectivity index (χ1v) is 8.85. The second-order valence-corrected chi connectivity index (χ2v) is 8.91. The van der Waals surface area contributed by atoms with Crippen LogP contribution in [0.3, 0.4) is 0 Å². The summed E-state index contributed by atoms with van der Waals surface area (Å²) in [6.07, 6.45) is 4.16. The maximum absolute atomic E-state index is 12.5. The molecule has 8 heteroatoms. The van der Waals surface area contributed by atoms with Crippen molar-refractivity contribution in [2.45, 2.75) is 23.5 Å². The van der Waals surface area contributed by atoms with E-state index < -0.39 is 10.0 Å². The summed E-state index contributed by atoms with van der Waals surface area (Å²) in [5.41, 5.74) is 0.111. The smallest absolute Gasteiger partial charge is 0.254 e. The molecule has 0 bridgehead atoms. The van der Waals surface area contributed by atoms with Crippen molar-refractivity contribution in [1.82, 2.24) is 9.29 Å². The number of halogens is 1. The Kier molecular flexibility index (Phi) is 3.59. The first-order valence-electron chi connectivity index (χ1n) is 6.21. The van der Waals surface area contributed by atoms with Crippen LogP contribution in [0.25, 0.3) is 0 Å². The molecule has 2 aliphatic heterocycles. The highest BCUT2D eigenvalue weighted by molar-refractivity contribution is 7.91. The maximum Gasteiger partial charge on any atom is 0.254 e. The van der Waals surface area contributed by atoms with Gasteiger partial charge in [-0.2, -0.15) is 4.31 Å². The Morgan fingerprint density at radius 2 is 2.11 bits per heavy atom. The molecule has 0 N–H and O–H groups in total. The molecule has 1 aromatic heterocycles. The van der Waals surface area contributed by atoms with Crippen molar-refractivity contribution in [2.24, 2.45) is 5.41 Å². The molecule has 1 aromatic rings. The molecule has 106 valence electrons. The van der Waals surface area contributed by atoms with Crippen molar-refractivity contribution < 1.29 is 13.2 Å². The highest BCUT2D eigenvalue weighted by Gasteiger charge is 2.44. The lowest BCUT2D eigenvalue weighted by molar-refractivity contribution is 0.0222. The number of aromatic nitrogens is 1. The Morgan fingerprint density at radius 3 is 2.74 bits per heavy atom. The van der Waals surface area contributed by atoms with Gasteiger partial charge in [-0.3, -0.25) is 0 Å². The van der Waals surface area contributed by atoms with E-state index in [0.29, 0.717) is 13.1 Å². The molecule has 2 saturated heterocycles. The molecule has 3 rings (SSSR count). The van der Waals surface area contributed by atoms with Crippen molar-refractivity contribution >= 4 is 33.0 Å². The lowest BCUT2D eigenvalue weighted by Crippen LogP contribution is -2.35. The van der Waals surface area contributed by atoms with Gasteiger partial charge in [-0.05, 0) is 24.7 Å². The Labute approximate surface area is 121 Å². The number of nitrogens with zero attached hydrogens (tertiary/aromatic N) is 2. The first-order chi connectivity index (χ1) is 9.02. The van der Waals surface area contributed by atoms with Gasteiger partial charge in [-0.1, -0.05) is 22.9 Å². The van der Waals surface area contributed by atoms with Crippen molar-refractivity contribution in [3.63, 3.8) is 0 Å². The summed E-state index contributed by atoms with van der Waals surface area (Å²) in [6, 6.07) is 0. The van der Waals surface area contributed by atoms with Crippen LogP contribution in [0.4, 0.5) is 0 Å². The van der Waals surface area contributed by atoms with Crippen LogP contribution in [-0.2, 0) is 14.8 Å². The van der Waals surface area contributed by atoms with Crippen LogP contribution in [0.1, 0.15) is 19.3 Å². The predicted octanol–water partition coefficient (Wildman–Crippen LogP) is 1.99. The molecular weight excluding hydrogens is 308 g/mol. The number of hydrogen-bond donors (Lipinski definition) is 0. The maximum atomic E-state index is 12.5. The van der Waals surface area contributed by atoms with Gasteiger partial charge < -0.3 is 4.74 Å². The fraction of sp³-hybridized carbons (Fsp3) is 0.727. The average Bonchev–Trinajstić information content (AvgIpc) is 2.98. The quantitative estimate of drug-likeness (QED) is 0.835. The summed E-state index contributed by atoms with van der Waals surface area (Å²) < 4.78 is 32.4.